The van der Waals surface area contributed by atoms with Gasteiger partial charge in [0.25, 0.3) is 0 Å². The first-order valence-corrected chi connectivity index (χ1v) is 4.54. The van der Waals surface area contributed by atoms with Crippen LogP contribution in [0.2, 0.25) is 0 Å². The highest BCUT2D eigenvalue weighted by atomic mass is 16.4. The van der Waals surface area contributed by atoms with Crippen LogP contribution in [0.25, 0.3) is 0 Å². The van der Waals surface area contributed by atoms with Gasteiger partial charge in [-0.15, -0.1) is 0 Å². The highest BCUT2D eigenvalue weighted by Crippen LogP contribution is 2.22. The largest absolute Gasteiger partial charge is 0.480 e. The van der Waals surface area contributed by atoms with Crippen molar-refractivity contribution in [2.45, 2.75) is 13.3 Å². The first-order chi connectivity index (χ1) is 6.97. The lowest BCUT2D eigenvalue weighted by molar-refractivity contribution is -0.153. The average Bonchev–Trinajstić information content (AvgIpc) is 2.18. The lowest BCUT2D eigenvalue weighted by atomic mass is 9.83. The monoisotopic (exact) mass is 207 g/mol. The Kier molecular flexibility index (Phi) is 3.09. The molecular weight excluding hydrogens is 194 g/mol. The maximum absolute atomic E-state index is 11.1. The van der Waals surface area contributed by atoms with E-state index in [1.165, 1.54) is 6.92 Å². The van der Waals surface area contributed by atoms with Gasteiger partial charge in [-0.25, -0.2) is 0 Å². The number of amides is 1. The maximum atomic E-state index is 11.1. The molecule has 0 aliphatic rings. The van der Waals surface area contributed by atoms with Crippen LogP contribution in [0.3, 0.4) is 0 Å². The summed E-state index contributed by atoms with van der Waals surface area (Å²) in [5.74, 6) is -2.02. The van der Waals surface area contributed by atoms with E-state index in [1.807, 2.05) is 6.07 Å². The number of benzene rings is 1. The second kappa shape index (κ2) is 4.13. The molecule has 15 heavy (non-hydrogen) atoms. The summed E-state index contributed by atoms with van der Waals surface area (Å²) in [6.07, 6.45) is 0.110. The molecule has 4 nitrogen and oxygen atoms in total. The van der Waals surface area contributed by atoms with Crippen molar-refractivity contribution in [3.63, 3.8) is 0 Å². The highest BCUT2D eigenvalue weighted by Gasteiger charge is 2.39. The molecule has 0 aromatic heterocycles. The van der Waals surface area contributed by atoms with Crippen molar-refractivity contribution >= 4 is 11.9 Å². The Morgan fingerprint density at radius 2 is 1.87 bits per heavy atom. The lowest BCUT2D eigenvalue weighted by Gasteiger charge is -2.20. The molecule has 0 unspecified atom stereocenters. The third-order valence-corrected chi connectivity index (χ3v) is 2.42. The van der Waals surface area contributed by atoms with E-state index in [4.69, 9.17) is 10.8 Å². The number of hydrogen-bond acceptors (Lipinski definition) is 2. The Bertz CT molecular complexity index is 359. The maximum Gasteiger partial charge on any atom is 0.319 e. The molecule has 3 N–H and O–H groups in total. The molecule has 1 amide bonds. The minimum atomic E-state index is -1.54. The van der Waals surface area contributed by atoms with E-state index < -0.39 is 17.3 Å². The Balaban J connectivity index is 2.95. The molecule has 1 rings (SSSR count). The molecule has 0 heterocycles. The van der Waals surface area contributed by atoms with Gasteiger partial charge >= 0.3 is 5.97 Å². The number of hydrogen-bond donors (Lipinski definition) is 2. The third kappa shape index (κ3) is 2.34. The summed E-state index contributed by atoms with van der Waals surface area (Å²) in [6, 6.07) is 8.94. The molecule has 1 aromatic carbocycles. The van der Waals surface area contributed by atoms with Crippen molar-refractivity contribution in [2.24, 2.45) is 11.1 Å². The highest BCUT2D eigenvalue weighted by molar-refractivity contribution is 6.00. The zero-order chi connectivity index (χ0) is 11.5. The fourth-order valence-electron chi connectivity index (χ4n) is 1.27. The van der Waals surface area contributed by atoms with E-state index in [2.05, 4.69) is 0 Å². The summed E-state index contributed by atoms with van der Waals surface area (Å²) in [7, 11) is 0. The number of carboxylic acids is 1. The first kappa shape index (κ1) is 11.2. The molecule has 0 aliphatic heterocycles. The van der Waals surface area contributed by atoms with E-state index in [9.17, 15) is 9.59 Å². The smallest absolute Gasteiger partial charge is 0.319 e. The summed E-state index contributed by atoms with van der Waals surface area (Å²) in [4.78, 5) is 22.1. The Morgan fingerprint density at radius 3 is 2.27 bits per heavy atom. The van der Waals surface area contributed by atoms with E-state index in [1.54, 1.807) is 24.3 Å². The molecule has 1 atom stereocenters. The fourth-order valence-corrected chi connectivity index (χ4v) is 1.27. The molecule has 0 fully saturated rings. The van der Waals surface area contributed by atoms with Gasteiger partial charge in [-0.2, -0.15) is 0 Å². The van der Waals surface area contributed by atoms with Crippen molar-refractivity contribution in [1.82, 2.24) is 0 Å². The standard InChI is InChI=1S/C11H13NO3/c1-11(9(12)13,10(14)15)7-8-5-3-2-4-6-8/h2-6H,7H2,1H3,(H2,12,13)(H,14,15)/t11-/m1/s1. The van der Waals surface area contributed by atoms with Crippen LogP contribution >= 0.6 is 0 Å². The number of carbonyl (C=O) groups excluding carboxylic acids is 1. The van der Waals surface area contributed by atoms with Gasteiger partial charge in [-0.1, -0.05) is 30.3 Å². The molecule has 0 radical (unpaired) electrons. The van der Waals surface area contributed by atoms with Crippen LogP contribution < -0.4 is 5.73 Å². The predicted octanol–water partition coefficient (Wildman–Crippen LogP) is 0.805. The Hall–Kier alpha value is -1.84. The van der Waals surface area contributed by atoms with Crippen molar-refractivity contribution in [2.75, 3.05) is 0 Å². The van der Waals surface area contributed by atoms with Gasteiger partial charge in [0.1, 0.15) is 5.41 Å². The Labute approximate surface area is 87.7 Å². The SMILES string of the molecule is C[C@@](Cc1ccccc1)(C(N)=O)C(=O)O. The van der Waals surface area contributed by atoms with Gasteiger partial charge in [0.2, 0.25) is 5.91 Å². The van der Waals surface area contributed by atoms with Crippen LogP contribution in [0.4, 0.5) is 0 Å². The first-order valence-electron chi connectivity index (χ1n) is 4.54. The van der Waals surface area contributed by atoms with Crippen molar-refractivity contribution in [3.8, 4) is 0 Å². The van der Waals surface area contributed by atoms with Crippen LogP contribution in [0.5, 0.6) is 0 Å². The van der Waals surface area contributed by atoms with Crippen molar-refractivity contribution in [1.29, 1.82) is 0 Å². The third-order valence-electron chi connectivity index (χ3n) is 2.42. The number of carbonyl (C=O) groups is 2. The Morgan fingerprint density at radius 1 is 1.33 bits per heavy atom. The summed E-state index contributed by atoms with van der Waals surface area (Å²) >= 11 is 0. The van der Waals surface area contributed by atoms with Gasteiger partial charge in [0.05, 0.1) is 0 Å². The van der Waals surface area contributed by atoms with E-state index in [-0.39, 0.29) is 6.42 Å². The van der Waals surface area contributed by atoms with Crippen LogP contribution in [0, 0.1) is 5.41 Å². The molecular formula is C11H13NO3. The molecule has 4 heteroatoms. The van der Waals surface area contributed by atoms with E-state index in [0.717, 1.165) is 5.56 Å². The second-order valence-corrected chi connectivity index (χ2v) is 3.66. The van der Waals surface area contributed by atoms with Crippen LogP contribution in [-0.2, 0) is 16.0 Å². The number of carboxylic acid groups (broad SMARTS) is 1. The fraction of sp³-hybridized carbons (Fsp3) is 0.273. The minimum Gasteiger partial charge on any atom is -0.480 e. The van der Waals surface area contributed by atoms with E-state index in [0.29, 0.717) is 0 Å². The minimum absolute atomic E-state index is 0.110. The van der Waals surface area contributed by atoms with E-state index >= 15 is 0 Å². The van der Waals surface area contributed by atoms with Crippen molar-refractivity contribution in [3.05, 3.63) is 35.9 Å². The molecule has 0 aliphatic carbocycles. The number of primary amides is 1. The lowest BCUT2D eigenvalue weighted by Crippen LogP contribution is -2.43. The van der Waals surface area contributed by atoms with Gasteiger partial charge in [-0.05, 0) is 18.9 Å². The van der Waals surface area contributed by atoms with Crippen LogP contribution in [0.15, 0.2) is 30.3 Å². The van der Waals surface area contributed by atoms with Gasteiger partial charge in [0, 0.05) is 0 Å². The average molecular weight is 207 g/mol. The number of aliphatic carboxylic acids is 1. The van der Waals surface area contributed by atoms with Gasteiger partial charge in [0.15, 0.2) is 0 Å². The number of rotatable bonds is 4. The zero-order valence-electron chi connectivity index (χ0n) is 8.43. The molecule has 80 valence electrons. The predicted molar refractivity (Wildman–Crippen MR) is 55.1 cm³/mol. The quantitative estimate of drug-likeness (QED) is 0.717. The zero-order valence-corrected chi connectivity index (χ0v) is 8.43. The summed E-state index contributed by atoms with van der Waals surface area (Å²) < 4.78 is 0. The molecule has 0 bridgehead atoms. The number of nitrogens with two attached hydrogens (primary N) is 1. The second-order valence-electron chi connectivity index (χ2n) is 3.66. The summed E-state index contributed by atoms with van der Waals surface area (Å²) in [5, 5.41) is 8.96. The molecule has 0 saturated heterocycles. The normalized spacial score (nSPS) is 14.2. The van der Waals surface area contributed by atoms with Gasteiger partial charge < -0.3 is 10.8 Å². The topological polar surface area (TPSA) is 80.4 Å². The van der Waals surface area contributed by atoms with Crippen molar-refractivity contribution < 1.29 is 14.7 Å². The molecule has 1 aromatic rings. The van der Waals surface area contributed by atoms with Gasteiger partial charge in [-0.3, -0.25) is 9.59 Å². The van der Waals surface area contributed by atoms with Crippen LogP contribution in [-0.4, -0.2) is 17.0 Å². The molecule has 0 spiro atoms. The van der Waals surface area contributed by atoms with Crippen LogP contribution in [0.1, 0.15) is 12.5 Å². The molecule has 0 saturated carbocycles. The summed E-state index contributed by atoms with van der Waals surface area (Å²) in [6.45, 7) is 1.34. The summed E-state index contributed by atoms with van der Waals surface area (Å²) in [5.41, 5.74) is 4.34.